The molecule has 3 unspecified atom stereocenters. The van der Waals surface area contributed by atoms with Gasteiger partial charge in [-0.25, -0.2) is 4.39 Å². The Kier molecular flexibility index (Phi) is 4.55. The Hall–Kier alpha value is -0.970. The van der Waals surface area contributed by atoms with E-state index in [1.165, 1.54) is 12.1 Å². The molecule has 0 bridgehead atoms. The summed E-state index contributed by atoms with van der Waals surface area (Å²) in [5, 5.41) is 0. The lowest BCUT2D eigenvalue weighted by Gasteiger charge is -2.43. The van der Waals surface area contributed by atoms with Crippen molar-refractivity contribution in [1.29, 1.82) is 0 Å². The Morgan fingerprint density at radius 3 is 2.26 bits per heavy atom. The van der Waals surface area contributed by atoms with E-state index >= 15 is 0 Å². The highest BCUT2D eigenvalue weighted by molar-refractivity contribution is 5.19. The molecule has 2 N–H and O–H groups in total. The maximum absolute atomic E-state index is 12.9. The van der Waals surface area contributed by atoms with Crippen LogP contribution in [-0.4, -0.2) is 48.6 Å². The van der Waals surface area contributed by atoms with Crippen LogP contribution in [0.1, 0.15) is 25.5 Å². The fourth-order valence-electron chi connectivity index (χ4n) is 2.76. The van der Waals surface area contributed by atoms with Gasteiger partial charge < -0.3 is 5.73 Å². The number of hydrogen-bond acceptors (Lipinski definition) is 3. The van der Waals surface area contributed by atoms with Gasteiger partial charge >= 0.3 is 0 Å². The molecule has 1 heterocycles. The fraction of sp³-hybridized carbons (Fsp3) is 0.600. The second kappa shape index (κ2) is 5.99. The number of nitrogens with zero attached hydrogens (tertiary/aromatic N) is 2. The van der Waals surface area contributed by atoms with Crippen molar-refractivity contribution in [3.8, 4) is 0 Å². The highest BCUT2D eigenvalue weighted by Crippen LogP contribution is 2.17. The second-order valence-electron chi connectivity index (χ2n) is 5.74. The topological polar surface area (TPSA) is 32.5 Å². The van der Waals surface area contributed by atoms with Crippen LogP contribution in [-0.2, 0) is 0 Å². The number of hydrogen-bond donors (Lipinski definition) is 1. The summed E-state index contributed by atoms with van der Waals surface area (Å²) in [5.74, 6) is -0.210. The Bertz CT molecular complexity index is 394. The molecule has 3 atom stereocenters. The van der Waals surface area contributed by atoms with E-state index < -0.39 is 0 Å². The minimum absolute atomic E-state index is 0.0524. The predicted molar refractivity (Wildman–Crippen MR) is 76.5 cm³/mol. The minimum Gasteiger partial charge on any atom is -0.323 e. The van der Waals surface area contributed by atoms with Crippen LogP contribution in [0.4, 0.5) is 4.39 Å². The van der Waals surface area contributed by atoms with E-state index in [0.717, 1.165) is 25.2 Å². The summed E-state index contributed by atoms with van der Waals surface area (Å²) in [4.78, 5) is 4.81. The molecule has 1 aromatic carbocycles. The van der Waals surface area contributed by atoms with Crippen LogP contribution >= 0.6 is 0 Å². The molecule has 1 aliphatic heterocycles. The molecule has 0 spiro atoms. The number of rotatable bonds is 3. The van der Waals surface area contributed by atoms with Crippen LogP contribution in [0.3, 0.4) is 0 Å². The van der Waals surface area contributed by atoms with Crippen molar-refractivity contribution < 1.29 is 4.39 Å². The van der Waals surface area contributed by atoms with Crippen LogP contribution in [0.2, 0.25) is 0 Å². The summed E-state index contributed by atoms with van der Waals surface area (Å²) < 4.78 is 12.9. The van der Waals surface area contributed by atoms with E-state index in [0.29, 0.717) is 12.1 Å². The lowest BCUT2D eigenvalue weighted by Crippen LogP contribution is -2.55. The van der Waals surface area contributed by atoms with Crippen molar-refractivity contribution >= 4 is 0 Å². The normalized spacial score (nSPS) is 27.4. The van der Waals surface area contributed by atoms with Crippen LogP contribution in [0.25, 0.3) is 0 Å². The Morgan fingerprint density at radius 1 is 1.21 bits per heavy atom. The molecule has 2 rings (SSSR count). The Morgan fingerprint density at radius 2 is 1.74 bits per heavy atom. The summed E-state index contributed by atoms with van der Waals surface area (Å²) in [6, 6.07) is 7.55. The second-order valence-corrected chi connectivity index (χ2v) is 5.74. The molecule has 106 valence electrons. The van der Waals surface area contributed by atoms with E-state index in [1.807, 2.05) is 0 Å². The van der Waals surface area contributed by atoms with Crippen LogP contribution < -0.4 is 5.73 Å². The monoisotopic (exact) mass is 265 g/mol. The smallest absolute Gasteiger partial charge is 0.123 e. The Labute approximate surface area is 115 Å². The third-order valence-corrected chi connectivity index (χ3v) is 4.19. The minimum atomic E-state index is -0.210. The first-order valence-electron chi connectivity index (χ1n) is 6.92. The first kappa shape index (κ1) is 14.4. The quantitative estimate of drug-likeness (QED) is 0.905. The predicted octanol–water partition coefficient (Wildman–Crippen LogP) is 1.85. The average Bonchev–Trinajstić information content (AvgIpc) is 2.36. The number of likely N-dealkylation sites (N-methyl/N-ethyl adjacent to an activating group) is 1. The molecule has 1 saturated heterocycles. The van der Waals surface area contributed by atoms with Gasteiger partial charge in [-0.3, -0.25) is 9.80 Å². The van der Waals surface area contributed by atoms with E-state index in [2.05, 4.69) is 30.7 Å². The molecule has 0 amide bonds. The molecule has 1 aromatic rings. The molecule has 1 fully saturated rings. The molecular weight excluding hydrogens is 241 g/mol. The first-order valence-corrected chi connectivity index (χ1v) is 6.92. The van der Waals surface area contributed by atoms with Crippen molar-refractivity contribution in [3.05, 3.63) is 35.6 Å². The molecular formula is C15H24FN3. The van der Waals surface area contributed by atoms with Gasteiger partial charge in [0.1, 0.15) is 5.82 Å². The molecule has 19 heavy (non-hydrogen) atoms. The van der Waals surface area contributed by atoms with E-state index in [9.17, 15) is 4.39 Å². The Balaban J connectivity index is 1.95. The molecule has 4 heteroatoms. The number of piperazine rings is 1. The van der Waals surface area contributed by atoms with Gasteiger partial charge in [0.2, 0.25) is 0 Å². The van der Waals surface area contributed by atoms with Gasteiger partial charge in [-0.2, -0.15) is 0 Å². The summed E-state index contributed by atoms with van der Waals surface area (Å²) in [6.45, 7) is 7.39. The van der Waals surface area contributed by atoms with Crippen molar-refractivity contribution in [2.24, 2.45) is 5.73 Å². The zero-order valence-corrected chi connectivity index (χ0v) is 12.0. The van der Waals surface area contributed by atoms with Crippen LogP contribution in [0, 0.1) is 5.82 Å². The van der Waals surface area contributed by atoms with Gasteiger partial charge in [0, 0.05) is 37.8 Å². The average molecular weight is 265 g/mol. The largest absolute Gasteiger partial charge is 0.323 e. The van der Waals surface area contributed by atoms with Gasteiger partial charge in [0.15, 0.2) is 0 Å². The van der Waals surface area contributed by atoms with Gasteiger partial charge in [0.25, 0.3) is 0 Å². The molecule has 0 aromatic heterocycles. The zero-order valence-electron chi connectivity index (χ0n) is 12.0. The van der Waals surface area contributed by atoms with Crippen LogP contribution in [0.5, 0.6) is 0 Å². The SMILES string of the molecule is CC1CN(CC(N)c2ccc(F)cc2)CC(C)N1C. The molecule has 0 aliphatic carbocycles. The lowest BCUT2D eigenvalue weighted by molar-refractivity contribution is 0.0566. The first-order chi connectivity index (χ1) is 8.97. The standard InChI is InChI=1S/C15H24FN3/c1-11-8-19(9-12(2)18(11)3)10-15(17)13-4-6-14(16)7-5-13/h4-7,11-12,15H,8-10,17H2,1-3H3. The molecule has 0 saturated carbocycles. The molecule has 0 radical (unpaired) electrons. The highest BCUT2D eigenvalue weighted by Gasteiger charge is 2.27. The number of nitrogens with two attached hydrogens (primary N) is 1. The summed E-state index contributed by atoms with van der Waals surface area (Å²) in [7, 11) is 2.17. The van der Waals surface area contributed by atoms with Gasteiger partial charge in [0.05, 0.1) is 0 Å². The molecule has 3 nitrogen and oxygen atoms in total. The van der Waals surface area contributed by atoms with Crippen molar-refractivity contribution in [2.75, 3.05) is 26.7 Å². The highest BCUT2D eigenvalue weighted by atomic mass is 19.1. The van der Waals surface area contributed by atoms with Gasteiger partial charge in [-0.05, 0) is 38.6 Å². The number of halogens is 1. The summed E-state index contributed by atoms with van der Waals surface area (Å²) in [5.41, 5.74) is 7.22. The molecule has 1 aliphatic rings. The number of benzene rings is 1. The maximum Gasteiger partial charge on any atom is 0.123 e. The van der Waals surface area contributed by atoms with Gasteiger partial charge in [-0.15, -0.1) is 0 Å². The van der Waals surface area contributed by atoms with Gasteiger partial charge in [-0.1, -0.05) is 12.1 Å². The van der Waals surface area contributed by atoms with Crippen molar-refractivity contribution in [2.45, 2.75) is 32.0 Å². The van der Waals surface area contributed by atoms with E-state index in [4.69, 9.17) is 5.73 Å². The zero-order chi connectivity index (χ0) is 14.0. The lowest BCUT2D eigenvalue weighted by atomic mass is 10.0. The summed E-state index contributed by atoms with van der Waals surface area (Å²) in [6.07, 6.45) is 0. The third-order valence-electron chi connectivity index (χ3n) is 4.19. The van der Waals surface area contributed by atoms with Crippen LogP contribution in [0.15, 0.2) is 24.3 Å². The van der Waals surface area contributed by atoms with E-state index in [-0.39, 0.29) is 11.9 Å². The third kappa shape index (κ3) is 3.53. The van der Waals surface area contributed by atoms with Crippen molar-refractivity contribution in [3.63, 3.8) is 0 Å². The fourth-order valence-corrected chi connectivity index (χ4v) is 2.76. The maximum atomic E-state index is 12.9. The van der Waals surface area contributed by atoms with Crippen molar-refractivity contribution in [1.82, 2.24) is 9.80 Å². The summed E-state index contributed by atoms with van der Waals surface area (Å²) >= 11 is 0. The van der Waals surface area contributed by atoms with E-state index in [1.54, 1.807) is 12.1 Å².